The Morgan fingerprint density at radius 2 is 1.78 bits per heavy atom. The van der Waals surface area contributed by atoms with Crippen LogP contribution in [0.5, 0.6) is 5.75 Å². The average Bonchev–Trinajstić information content (AvgIpc) is 3.33. The van der Waals surface area contributed by atoms with Gasteiger partial charge in [0, 0.05) is 17.7 Å². The van der Waals surface area contributed by atoms with E-state index in [1.54, 1.807) is 4.52 Å². The zero-order chi connectivity index (χ0) is 24.9. The molecule has 0 saturated carbocycles. The Morgan fingerprint density at radius 3 is 2.56 bits per heavy atom. The van der Waals surface area contributed by atoms with Crippen LogP contribution < -0.4 is 15.8 Å². The normalized spacial score (nSPS) is 10.8. The van der Waals surface area contributed by atoms with Crippen molar-refractivity contribution in [3.05, 3.63) is 96.3 Å². The molecular weight excluding hydrogens is 456 g/mol. The maximum atomic E-state index is 11.3. The fraction of sp³-hybridized carbons (Fsp3) is 0.111. The molecule has 2 heterocycles. The number of benzene rings is 3. The number of anilines is 1. The Balaban J connectivity index is 1.47. The van der Waals surface area contributed by atoms with Crippen LogP contribution >= 0.6 is 0 Å². The standard InChI is InChI=1S/C27H24N6O3/c1-35-27(34)29-15-18-10-12-20(13-11-18)26-32-23(24-25(28)30-17-31-33(24)26)21-8-5-9-22(14-21)36-16-19-6-3-2-4-7-19/h2-14,17H,15-16H2,1H3,(H,29,34)(H2,28,30,31). The van der Waals surface area contributed by atoms with Crippen molar-refractivity contribution >= 4 is 17.4 Å². The zero-order valence-electron chi connectivity index (χ0n) is 19.6. The Hall–Kier alpha value is -4.92. The first-order chi connectivity index (χ1) is 17.6. The van der Waals surface area contributed by atoms with Gasteiger partial charge >= 0.3 is 6.09 Å². The number of aromatic nitrogens is 4. The van der Waals surface area contributed by atoms with Crippen molar-refractivity contribution < 1.29 is 14.3 Å². The highest BCUT2D eigenvalue weighted by Gasteiger charge is 2.19. The number of imidazole rings is 1. The quantitative estimate of drug-likeness (QED) is 0.353. The number of ether oxygens (including phenoxy) is 2. The number of alkyl carbamates (subject to hydrolysis) is 1. The van der Waals surface area contributed by atoms with Crippen molar-refractivity contribution in [1.29, 1.82) is 0 Å². The maximum Gasteiger partial charge on any atom is 0.407 e. The minimum Gasteiger partial charge on any atom is -0.489 e. The lowest BCUT2D eigenvalue weighted by Gasteiger charge is -2.08. The van der Waals surface area contributed by atoms with E-state index in [0.717, 1.165) is 28.0 Å². The molecule has 36 heavy (non-hydrogen) atoms. The first-order valence-corrected chi connectivity index (χ1v) is 11.3. The summed E-state index contributed by atoms with van der Waals surface area (Å²) < 4.78 is 12.3. The number of nitrogens with one attached hydrogen (secondary N) is 1. The first kappa shape index (κ1) is 22.9. The Morgan fingerprint density at radius 1 is 0.972 bits per heavy atom. The molecule has 9 heteroatoms. The van der Waals surface area contributed by atoms with E-state index in [2.05, 4.69) is 20.1 Å². The molecule has 180 valence electrons. The number of nitrogens with two attached hydrogens (primary N) is 1. The Labute approximate surface area is 207 Å². The highest BCUT2D eigenvalue weighted by atomic mass is 16.5. The maximum absolute atomic E-state index is 11.3. The molecule has 0 aliphatic heterocycles. The second-order valence-corrected chi connectivity index (χ2v) is 8.03. The molecule has 3 N–H and O–H groups in total. The van der Waals surface area contributed by atoms with Gasteiger partial charge < -0.3 is 20.5 Å². The van der Waals surface area contributed by atoms with Crippen molar-refractivity contribution in [3.8, 4) is 28.4 Å². The number of fused-ring (bicyclic) bond motifs is 1. The average molecular weight is 481 g/mol. The van der Waals surface area contributed by atoms with Gasteiger partial charge in [0.15, 0.2) is 11.6 Å². The largest absolute Gasteiger partial charge is 0.489 e. The van der Waals surface area contributed by atoms with E-state index in [-0.39, 0.29) is 0 Å². The first-order valence-electron chi connectivity index (χ1n) is 11.3. The van der Waals surface area contributed by atoms with Crippen LogP contribution in [-0.4, -0.2) is 32.8 Å². The fourth-order valence-electron chi connectivity index (χ4n) is 3.84. The van der Waals surface area contributed by atoms with E-state index in [1.807, 2.05) is 78.9 Å². The molecule has 9 nitrogen and oxygen atoms in total. The van der Waals surface area contributed by atoms with Gasteiger partial charge in [0.2, 0.25) is 0 Å². The molecule has 5 aromatic rings. The van der Waals surface area contributed by atoms with Crippen molar-refractivity contribution in [2.24, 2.45) is 0 Å². The summed E-state index contributed by atoms with van der Waals surface area (Å²) >= 11 is 0. The van der Waals surface area contributed by atoms with Gasteiger partial charge in [-0.3, -0.25) is 0 Å². The molecule has 1 amide bonds. The second-order valence-electron chi connectivity index (χ2n) is 8.03. The number of carbonyl (C=O) groups excluding carboxylic acids is 1. The molecule has 0 aliphatic carbocycles. The summed E-state index contributed by atoms with van der Waals surface area (Å²) in [6.45, 7) is 0.813. The van der Waals surface area contributed by atoms with Gasteiger partial charge in [-0.2, -0.15) is 5.10 Å². The van der Waals surface area contributed by atoms with Crippen LogP contribution in [0.3, 0.4) is 0 Å². The third-order valence-electron chi connectivity index (χ3n) is 5.65. The van der Waals surface area contributed by atoms with Crippen LogP contribution in [0.1, 0.15) is 11.1 Å². The smallest absolute Gasteiger partial charge is 0.407 e. The fourth-order valence-corrected chi connectivity index (χ4v) is 3.84. The molecule has 0 atom stereocenters. The molecule has 0 aliphatic rings. The highest BCUT2D eigenvalue weighted by Crippen LogP contribution is 2.33. The Bertz CT molecular complexity index is 1500. The van der Waals surface area contributed by atoms with Gasteiger partial charge in [0.25, 0.3) is 0 Å². The van der Waals surface area contributed by atoms with E-state index < -0.39 is 6.09 Å². The van der Waals surface area contributed by atoms with Crippen molar-refractivity contribution in [3.63, 3.8) is 0 Å². The van der Waals surface area contributed by atoms with Gasteiger partial charge in [-0.1, -0.05) is 66.7 Å². The summed E-state index contributed by atoms with van der Waals surface area (Å²) in [6, 6.07) is 25.4. The molecule has 0 saturated heterocycles. The summed E-state index contributed by atoms with van der Waals surface area (Å²) in [7, 11) is 1.33. The third-order valence-corrected chi connectivity index (χ3v) is 5.65. The van der Waals surface area contributed by atoms with Gasteiger partial charge in [-0.25, -0.2) is 19.3 Å². The van der Waals surface area contributed by atoms with Crippen LogP contribution in [0.2, 0.25) is 0 Å². The van der Waals surface area contributed by atoms with Crippen LogP contribution in [0, 0.1) is 0 Å². The lowest BCUT2D eigenvalue weighted by atomic mass is 10.1. The Kier molecular flexibility index (Phi) is 6.44. The van der Waals surface area contributed by atoms with Crippen molar-refractivity contribution in [1.82, 2.24) is 24.9 Å². The summed E-state index contributed by atoms with van der Waals surface area (Å²) in [6.07, 6.45) is 0.927. The number of nitrogens with zero attached hydrogens (tertiary/aromatic N) is 4. The summed E-state index contributed by atoms with van der Waals surface area (Å²) in [4.78, 5) is 20.4. The number of hydrogen-bond donors (Lipinski definition) is 2. The van der Waals surface area contributed by atoms with E-state index >= 15 is 0 Å². The SMILES string of the molecule is COC(=O)NCc1ccc(-c2nc(-c3cccc(OCc4ccccc4)c3)c3c(N)ncnn23)cc1. The van der Waals surface area contributed by atoms with Gasteiger partial charge in [-0.05, 0) is 23.3 Å². The van der Waals surface area contributed by atoms with Gasteiger partial charge in [0.1, 0.15) is 29.9 Å². The molecule has 5 rings (SSSR count). The topological polar surface area (TPSA) is 117 Å². The molecule has 0 bridgehead atoms. The number of nitrogen functional groups attached to an aromatic ring is 1. The molecular formula is C27H24N6O3. The molecule has 0 spiro atoms. The predicted molar refractivity (Wildman–Crippen MR) is 136 cm³/mol. The highest BCUT2D eigenvalue weighted by molar-refractivity contribution is 5.87. The van der Waals surface area contributed by atoms with Crippen LogP contribution in [0.4, 0.5) is 10.6 Å². The molecule has 2 aromatic heterocycles. The minimum atomic E-state index is -0.481. The minimum absolute atomic E-state index is 0.327. The molecule has 0 fully saturated rings. The van der Waals surface area contributed by atoms with Gasteiger partial charge in [-0.15, -0.1) is 0 Å². The lowest BCUT2D eigenvalue weighted by molar-refractivity contribution is 0.170. The predicted octanol–water partition coefficient (Wildman–Crippen LogP) is 4.48. The van der Waals surface area contributed by atoms with Gasteiger partial charge in [0.05, 0.1) is 7.11 Å². The molecule has 0 radical (unpaired) electrons. The number of methoxy groups -OCH3 is 1. The molecule has 3 aromatic carbocycles. The van der Waals surface area contributed by atoms with Crippen LogP contribution in [0.25, 0.3) is 28.2 Å². The third kappa shape index (κ3) is 4.80. The van der Waals surface area contributed by atoms with E-state index in [1.165, 1.54) is 13.4 Å². The zero-order valence-corrected chi connectivity index (χ0v) is 19.6. The summed E-state index contributed by atoms with van der Waals surface area (Å²) in [5, 5.41) is 7.08. The number of hydrogen-bond acceptors (Lipinski definition) is 7. The van der Waals surface area contributed by atoms with E-state index in [9.17, 15) is 4.79 Å². The number of carbonyl (C=O) groups is 1. The van der Waals surface area contributed by atoms with Crippen LogP contribution in [-0.2, 0) is 17.9 Å². The summed E-state index contributed by atoms with van der Waals surface area (Å²) in [5.74, 6) is 1.67. The number of rotatable bonds is 7. The lowest BCUT2D eigenvalue weighted by Crippen LogP contribution is -2.22. The summed E-state index contributed by atoms with van der Waals surface area (Å²) in [5.41, 5.74) is 11.2. The van der Waals surface area contributed by atoms with Crippen molar-refractivity contribution in [2.75, 3.05) is 12.8 Å². The molecule has 0 unspecified atom stereocenters. The van der Waals surface area contributed by atoms with Crippen molar-refractivity contribution in [2.45, 2.75) is 13.2 Å². The monoisotopic (exact) mass is 480 g/mol. The van der Waals surface area contributed by atoms with E-state index in [4.69, 9.17) is 15.5 Å². The number of amides is 1. The van der Waals surface area contributed by atoms with E-state index in [0.29, 0.717) is 36.0 Å². The van der Waals surface area contributed by atoms with Crippen LogP contribution in [0.15, 0.2) is 85.2 Å². The second kappa shape index (κ2) is 10.1.